The number of allylic oxidation sites excluding steroid dienone is 1. The van der Waals surface area contributed by atoms with Crippen LogP contribution in [0.3, 0.4) is 0 Å². The van der Waals surface area contributed by atoms with E-state index in [9.17, 15) is 22.8 Å². The van der Waals surface area contributed by atoms with Gasteiger partial charge in [-0.1, -0.05) is 42.5 Å². The van der Waals surface area contributed by atoms with E-state index in [4.69, 9.17) is 0 Å². The first-order valence-electron chi connectivity index (χ1n) is 11.7. The molecule has 5 nitrogen and oxygen atoms in total. The van der Waals surface area contributed by atoms with Gasteiger partial charge < -0.3 is 9.88 Å². The van der Waals surface area contributed by atoms with Crippen molar-refractivity contribution in [1.29, 1.82) is 0 Å². The van der Waals surface area contributed by atoms with Gasteiger partial charge >= 0.3 is 6.18 Å². The van der Waals surface area contributed by atoms with E-state index < -0.39 is 23.2 Å². The van der Waals surface area contributed by atoms with E-state index in [0.717, 1.165) is 46.5 Å². The molecule has 2 aromatic carbocycles. The first-order chi connectivity index (χ1) is 17.8. The molecule has 5 rings (SSSR count). The first kappa shape index (κ1) is 24.2. The molecule has 8 heteroatoms. The summed E-state index contributed by atoms with van der Waals surface area (Å²) in [5, 5.41) is 2.80. The molecule has 0 saturated carbocycles. The van der Waals surface area contributed by atoms with Crippen molar-refractivity contribution in [3.63, 3.8) is 0 Å². The lowest BCUT2D eigenvalue weighted by molar-refractivity contribution is -0.137. The number of carbonyl (C=O) groups is 1. The lowest BCUT2D eigenvalue weighted by atomic mass is 9.99. The summed E-state index contributed by atoms with van der Waals surface area (Å²) >= 11 is 0. The van der Waals surface area contributed by atoms with Gasteiger partial charge in [0.15, 0.2) is 0 Å². The number of hydrogen-bond donors (Lipinski definition) is 1. The number of alkyl halides is 3. The predicted molar refractivity (Wildman–Crippen MR) is 134 cm³/mol. The molecule has 0 saturated heterocycles. The molecule has 2 aromatic heterocycles. The quantitative estimate of drug-likeness (QED) is 0.394. The number of rotatable bonds is 6. The average Bonchev–Trinajstić information content (AvgIpc) is 3.33. The third-order valence-corrected chi connectivity index (χ3v) is 6.27. The highest BCUT2D eigenvalue weighted by Crippen LogP contribution is 2.32. The summed E-state index contributed by atoms with van der Waals surface area (Å²) < 4.78 is 39.7. The first-order valence-corrected chi connectivity index (χ1v) is 11.7. The lowest BCUT2D eigenvalue weighted by Gasteiger charge is -2.11. The molecule has 0 aliphatic heterocycles. The smallest absolute Gasteiger partial charge is 0.348 e. The van der Waals surface area contributed by atoms with E-state index in [1.54, 1.807) is 12.3 Å². The Morgan fingerprint density at radius 2 is 1.78 bits per heavy atom. The van der Waals surface area contributed by atoms with E-state index in [1.165, 1.54) is 29.0 Å². The number of carbonyl (C=O) groups excluding carboxylic acids is 1. The van der Waals surface area contributed by atoms with E-state index >= 15 is 0 Å². The maximum absolute atomic E-state index is 12.9. The molecule has 186 valence electrons. The second kappa shape index (κ2) is 9.89. The Morgan fingerprint density at radius 3 is 2.57 bits per heavy atom. The van der Waals surface area contributed by atoms with Gasteiger partial charge in [0.1, 0.15) is 5.56 Å². The minimum Gasteiger partial charge on any atom is -0.348 e. The van der Waals surface area contributed by atoms with Crippen LogP contribution in [-0.4, -0.2) is 15.5 Å². The maximum atomic E-state index is 12.9. The number of fused-ring (bicyclic) bond motifs is 1. The molecule has 0 atom stereocenters. The van der Waals surface area contributed by atoms with Gasteiger partial charge in [-0.25, -0.2) is 0 Å². The molecule has 1 N–H and O–H groups in total. The van der Waals surface area contributed by atoms with Crippen LogP contribution >= 0.6 is 0 Å². The van der Waals surface area contributed by atoms with Crippen LogP contribution in [0.15, 0.2) is 96.1 Å². The van der Waals surface area contributed by atoms with Crippen LogP contribution in [-0.2, 0) is 25.7 Å². The second-order valence-electron chi connectivity index (χ2n) is 8.75. The number of hydrogen-bond acceptors (Lipinski definition) is 3. The number of aromatic nitrogens is 2. The van der Waals surface area contributed by atoms with E-state index in [0.29, 0.717) is 5.56 Å². The fourth-order valence-electron chi connectivity index (χ4n) is 4.38. The number of pyridine rings is 2. The van der Waals surface area contributed by atoms with Crippen LogP contribution in [0.25, 0.3) is 5.57 Å². The standard InChI is InChI=1S/C29H22F3N3O2/c30-29(31,32)22-10-8-19(9-11-22)18-35-15-3-7-25(28(35)37)27(36)34-17-20-4-1-5-21(16-20)23-12-13-26-24(23)6-2-14-33-26/h1-12,14-16H,13,17-18H2,(H,34,36). The Morgan fingerprint density at radius 1 is 0.973 bits per heavy atom. The summed E-state index contributed by atoms with van der Waals surface area (Å²) in [7, 11) is 0. The van der Waals surface area contributed by atoms with Crippen molar-refractivity contribution in [1.82, 2.24) is 14.9 Å². The highest BCUT2D eigenvalue weighted by molar-refractivity contribution is 5.93. The molecule has 1 amide bonds. The molecular weight excluding hydrogens is 479 g/mol. The average molecular weight is 502 g/mol. The van der Waals surface area contributed by atoms with Crippen LogP contribution in [0.2, 0.25) is 0 Å². The molecule has 0 radical (unpaired) electrons. The molecule has 0 fully saturated rings. The fourth-order valence-corrected chi connectivity index (χ4v) is 4.38. The molecule has 0 unspecified atom stereocenters. The van der Waals surface area contributed by atoms with Crippen LogP contribution in [0.5, 0.6) is 0 Å². The summed E-state index contributed by atoms with van der Waals surface area (Å²) in [5.41, 5.74) is 4.34. The summed E-state index contributed by atoms with van der Waals surface area (Å²) in [6.45, 7) is 0.276. The van der Waals surface area contributed by atoms with Gasteiger partial charge in [0.2, 0.25) is 0 Å². The Kier molecular flexibility index (Phi) is 6.48. The van der Waals surface area contributed by atoms with Crippen molar-refractivity contribution in [3.8, 4) is 0 Å². The van der Waals surface area contributed by atoms with Gasteiger partial charge in [-0.05, 0) is 58.7 Å². The molecule has 37 heavy (non-hydrogen) atoms. The number of nitrogens with zero attached hydrogens (tertiary/aromatic N) is 2. The zero-order chi connectivity index (χ0) is 26.0. The van der Waals surface area contributed by atoms with Crippen LogP contribution in [0.4, 0.5) is 13.2 Å². The van der Waals surface area contributed by atoms with Crippen LogP contribution in [0.1, 0.15) is 43.9 Å². The van der Waals surface area contributed by atoms with E-state index in [1.807, 2.05) is 36.4 Å². The normalized spacial score (nSPS) is 12.7. The highest BCUT2D eigenvalue weighted by Gasteiger charge is 2.30. The summed E-state index contributed by atoms with van der Waals surface area (Å²) in [6.07, 6.45) is 1.77. The molecule has 0 bridgehead atoms. The van der Waals surface area contributed by atoms with Crippen molar-refractivity contribution in [3.05, 3.63) is 141 Å². The number of halogens is 3. The third-order valence-electron chi connectivity index (χ3n) is 6.27. The Hall–Kier alpha value is -4.46. The van der Waals surface area contributed by atoms with Crippen LogP contribution < -0.4 is 10.9 Å². The largest absolute Gasteiger partial charge is 0.416 e. The summed E-state index contributed by atoms with van der Waals surface area (Å²) in [5.74, 6) is -0.521. The Balaban J connectivity index is 1.28. The zero-order valence-corrected chi connectivity index (χ0v) is 19.6. The molecule has 4 aromatic rings. The summed E-state index contributed by atoms with van der Waals surface area (Å²) in [4.78, 5) is 30.2. The van der Waals surface area contributed by atoms with Gasteiger partial charge in [0.05, 0.1) is 17.8 Å². The van der Waals surface area contributed by atoms with Gasteiger partial charge in [0, 0.05) is 30.9 Å². The topological polar surface area (TPSA) is 64.0 Å². The van der Waals surface area contributed by atoms with Gasteiger partial charge in [0.25, 0.3) is 11.5 Å². The highest BCUT2D eigenvalue weighted by atomic mass is 19.4. The van der Waals surface area contributed by atoms with Gasteiger partial charge in [-0.3, -0.25) is 14.6 Å². The van der Waals surface area contributed by atoms with Crippen molar-refractivity contribution in [2.24, 2.45) is 0 Å². The van der Waals surface area contributed by atoms with Crippen molar-refractivity contribution in [2.75, 3.05) is 0 Å². The Bertz CT molecular complexity index is 1550. The number of benzene rings is 2. The molecule has 2 heterocycles. The van der Waals surface area contributed by atoms with Crippen molar-refractivity contribution >= 4 is 11.5 Å². The summed E-state index contributed by atoms with van der Waals surface area (Å²) in [6, 6.07) is 19.4. The van der Waals surface area contributed by atoms with E-state index in [2.05, 4.69) is 16.4 Å². The predicted octanol–water partition coefficient (Wildman–Crippen LogP) is 5.23. The van der Waals surface area contributed by atoms with Gasteiger partial charge in [-0.2, -0.15) is 13.2 Å². The van der Waals surface area contributed by atoms with Gasteiger partial charge in [-0.15, -0.1) is 0 Å². The monoisotopic (exact) mass is 501 g/mol. The maximum Gasteiger partial charge on any atom is 0.416 e. The molecule has 1 aliphatic rings. The van der Waals surface area contributed by atoms with Crippen LogP contribution in [0, 0.1) is 0 Å². The molecular formula is C29H22F3N3O2. The van der Waals surface area contributed by atoms with E-state index in [-0.39, 0.29) is 18.7 Å². The minimum atomic E-state index is -4.43. The Labute approximate surface area is 210 Å². The number of nitrogens with one attached hydrogen (secondary N) is 1. The zero-order valence-electron chi connectivity index (χ0n) is 19.6. The number of amides is 1. The lowest BCUT2D eigenvalue weighted by Crippen LogP contribution is -2.32. The SMILES string of the molecule is O=C(NCc1cccc(C2=CCc3ncccc32)c1)c1cccn(Cc2ccc(C(F)(F)F)cc2)c1=O. The van der Waals surface area contributed by atoms with Crippen molar-refractivity contribution < 1.29 is 18.0 Å². The molecule has 1 aliphatic carbocycles. The fraction of sp³-hybridized carbons (Fsp3) is 0.138. The minimum absolute atomic E-state index is 0.0379. The second-order valence-corrected chi connectivity index (χ2v) is 8.75. The van der Waals surface area contributed by atoms with Crippen molar-refractivity contribution in [2.45, 2.75) is 25.7 Å². The molecule has 0 spiro atoms. The third kappa shape index (κ3) is 5.23.